The molecule has 4 aromatic rings. The van der Waals surface area contributed by atoms with Gasteiger partial charge in [-0.15, -0.1) is 0 Å². The smallest absolute Gasteiger partial charge is 0.113 e. The number of rotatable bonds is 2. The van der Waals surface area contributed by atoms with E-state index in [1.54, 1.807) is 0 Å². The second-order valence-electron chi connectivity index (χ2n) is 7.21. The number of fused-ring (bicyclic) bond motifs is 1. The average Bonchev–Trinajstić information content (AvgIpc) is 3.35. The molecule has 0 saturated carbocycles. The van der Waals surface area contributed by atoms with E-state index in [1.165, 1.54) is 11.5 Å². The first-order valence-electron chi connectivity index (χ1n) is 9.84. The predicted molar refractivity (Wildman–Crippen MR) is 114 cm³/mol. The van der Waals surface area contributed by atoms with Gasteiger partial charge in [-0.3, -0.25) is 4.98 Å². The molecule has 4 nitrogen and oxygen atoms in total. The third-order valence-corrected chi connectivity index (χ3v) is 5.16. The highest BCUT2D eigenvalue weighted by Crippen LogP contribution is 2.35. The Hall–Kier alpha value is -3.71. The van der Waals surface area contributed by atoms with Gasteiger partial charge in [-0.05, 0) is 55.7 Å². The van der Waals surface area contributed by atoms with Crippen molar-refractivity contribution in [3.8, 4) is 34.4 Å². The molecule has 140 valence electrons. The number of nitrogens with zero attached hydrogens (tertiary/aromatic N) is 4. The summed E-state index contributed by atoms with van der Waals surface area (Å²) in [5, 5.41) is 0. The molecule has 0 aliphatic carbocycles. The number of imidazole rings is 1. The Morgan fingerprint density at radius 3 is 2.48 bits per heavy atom. The molecule has 29 heavy (non-hydrogen) atoms. The van der Waals surface area contributed by atoms with Crippen molar-refractivity contribution in [2.24, 2.45) is 0 Å². The number of aryl methyl sites for hydroxylation is 2. The van der Waals surface area contributed by atoms with Crippen molar-refractivity contribution < 1.29 is 0 Å². The zero-order chi connectivity index (χ0) is 19.6. The molecule has 1 aliphatic rings. The molecule has 3 aromatic heterocycles. The lowest BCUT2D eigenvalue weighted by Crippen LogP contribution is -1.96. The van der Waals surface area contributed by atoms with Gasteiger partial charge in [0.25, 0.3) is 0 Å². The van der Waals surface area contributed by atoms with Crippen LogP contribution in [0.4, 0.5) is 0 Å². The van der Waals surface area contributed by atoms with Crippen LogP contribution < -0.4 is 0 Å². The summed E-state index contributed by atoms with van der Waals surface area (Å²) in [5.41, 5.74) is 7.23. The van der Waals surface area contributed by atoms with E-state index in [9.17, 15) is 0 Å². The minimum absolute atomic E-state index is 0.794. The third kappa shape index (κ3) is 3.43. The number of pyridine rings is 2. The lowest BCUT2D eigenvalue weighted by molar-refractivity contribution is 0.756. The van der Waals surface area contributed by atoms with Gasteiger partial charge in [0.2, 0.25) is 0 Å². The van der Waals surface area contributed by atoms with Crippen LogP contribution in [0.25, 0.3) is 22.5 Å². The molecule has 0 atom stereocenters. The van der Waals surface area contributed by atoms with Gasteiger partial charge in [-0.1, -0.05) is 24.1 Å². The summed E-state index contributed by atoms with van der Waals surface area (Å²) in [6.45, 7) is 2.99. The summed E-state index contributed by atoms with van der Waals surface area (Å²) in [6, 6.07) is 18.4. The molecule has 0 saturated heterocycles. The Bertz CT molecular complexity index is 1230. The fraction of sp³-hybridized carbons (Fsp3) is 0.160. The highest BCUT2D eigenvalue weighted by molar-refractivity contribution is 5.79. The van der Waals surface area contributed by atoms with Crippen molar-refractivity contribution in [1.82, 2.24) is 19.5 Å². The van der Waals surface area contributed by atoms with E-state index in [0.717, 1.165) is 53.2 Å². The van der Waals surface area contributed by atoms with E-state index >= 15 is 0 Å². The molecular formula is C25H20N4. The Labute approximate surface area is 170 Å². The van der Waals surface area contributed by atoms with E-state index in [4.69, 9.17) is 4.98 Å². The van der Waals surface area contributed by atoms with Crippen LogP contribution in [0, 0.1) is 18.8 Å². The summed E-state index contributed by atoms with van der Waals surface area (Å²) in [7, 11) is 0. The van der Waals surface area contributed by atoms with Gasteiger partial charge in [-0.2, -0.15) is 0 Å². The Morgan fingerprint density at radius 1 is 0.862 bits per heavy atom. The number of hydrogen-bond donors (Lipinski definition) is 0. The summed E-state index contributed by atoms with van der Waals surface area (Å²) < 4.78 is 2.35. The van der Waals surface area contributed by atoms with E-state index in [1.807, 2.05) is 49.6 Å². The number of benzene rings is 1. The minimum atomic E-state index is 0.794. The van der Waals surface area contributed by atoms with Crippen LogP contribution in [0.3, 0.4) is 0 Å². The minimum Gasteiger partial charge on any atom is -0.327 e. The monoisotopic (exact) mass is 376 g/mol. The van der Waals surface area contributed by atoms with Crippen LogP contribution in [-0.2, 0) is 13.0 Å². The largest absolute Gasteiger partial charge is 0.327 e. The normalized spacial score (nSPS) is 12.3. The molecular weight excluding hydrogens is 356 g/mol. The summed E-state index contributed by atoms with van der Waals surface area (Å²) >= 11 is 0. The first-order valence-corrected chi connectivity index (χ1v) is 9.84. The van der Waals surface area contributed by atoms with E-state index < -0.39 is 0 Å². The molecule has 4 heterocycles. The fourth-order valence-electron chi connectivity index (χ4n) is 3.79. The van der Waals surface area contributed by atoms with Crippen LogP contribution >= 0.6 is 0 Å². The second kappa shape index (κ2) is 7.37. The zero-order valence-electron chi connectivity index (χ0n) is 16.3. The van der Waals surface area contributed by atoms with Gasteiger partial charge in [-0.25, -0.2) is 9.97 Å². The van der Waals surface area contributed by atoms with Crippen LogP contribution in [-0.4, -0.2) is 19.5 Å². The van der Waals surface area contributed by atoms with Crippen LogP contribution in [0.15, 0.2) is 67.0 Å². The summed E-state index contributed by atoms with van der Waals surface area (Å²) in [5.74, 6) is 7.53. The van der Waals surface area contributed by atoms with Gasteiger partial charge in [0.05, 0.1) is 11.4 Å². The lowest BCUT2D eigenvalue weighted by Gasteiger charge is -2.09. The van der Waals surface area contributed by atoms with Gasteiger partial charge < -0.3 is 4.57 Å². The van der Waals surface area contributed by atoms with Gasteiger partial charge in [0.15, 0.2) is 0 Å². The maximum atomic E-state index is 4.94. The average molecular weight is 376 g/mol. The van der Waals surface area contributed by atoms with Crippen molar-refractivity contribution in [2.45, 2.75) is 26.3 Å². The standard InChI is InChI=1S/C25H20N4/c1-18-4-2-5-22(27-18)12-9-19-7-10-21(11-8-19)25-24(20-13-15-26-16-14-20)28-23-6-3-17-29(23)25/h2,4-5,7-8,10-11,13-16H,3,6,17H2,1H3. The summed E-state index contributed by atoms with van der Waals surface area (Å²) in [4.78, 5) is 13.5. The van der Waals surface area contributed by atoms with Crippen molar-refractivity contribution in [2.75, 3.05) is 0 Å². The highest BCUT2D eigenvalue weighted by atomic mass is 15.1. The molecule has 1 aliphatic heterocycles. The maximum absolute atomic E-state index is 4.94. The van der Waals surface area contributed by atoms with Crippen LogP contribution in [0.1, 0.15) is 29.2 Å². The summed E-state index contributed by atoms with van der Waals surface area (Å²) in [6.07, 6.45) is 5.83. The zero-order valence-corrected chi connectivity index (χ0v) is 16.3. The SMILES string of the molecule is Cc1cccc(C#Cc2ccc(-c3c(-c4ccncc4)nc4n3CCC4)cc2)n1. The van der Waals surface area contributed by atoms with Crippen LogP contribution in [0.2, 0.25) is 0 Å². The molecule has 0 spiro atoms. The quantitative estimate of drug-likeness (QED) is 0.478. The molecule has 0 radical (unpaired) electrons. The Morgan fingerprint density at radius 2 is 1.69 bits per heavy atom. The maximum Gasteiger partial charge on any atom is 0.113 e. The second-order valence-corrected chi connectivity index (χ2v) is 7.21. The van der Waals surface area contributed by atoms with E-state index in [2.05, 4.69) is 50.6 Å². The molecule has 5 rings (SSSR count). The molecule has 0 N–H and O–H groups in total. The number of hydrogen-bond acceptors (Lipinski definition) is 3. The molecule has 0 amide bonds. The molecule has 0 fully saturated rings. The van der Waals surface area contributed by atoms with E-state index in [0.29, 0.717) is 0 Å². The molecule has 4 heteroatoms. The van der Waals surface area contributed by atoms with E-state index in [-0.39, 0.29) is 0 Å². The van der Waals surface area contributed by atoms with Gasteiger partial charge in [0, 0.05) is 47.7 Å². The lowest BCUT2D eigenvalue weighted by atomic mass is 10.0. The van der Waals surface area contributed by atoms with Crippen molar-refractivity contribution in [1.29, 1.82) is 0 Å². The topological polar surface area (TPSA) is 43.6 Å². The fourth-order valence-corrected chi connectivity index (χ4v) is 3.79. The van der Waals surface area contributed by atoms with Crippen molar-refractivity contribution in [3.05, 3.63) is 89.8 Å². The van der Waals surface area contributed by atoms with Gasteiger partial charge >= 0.3 is 0 Å². The third-order valence-electron chi connectivity index (χ3n) is 5.16. The predicted octanol–water partition coefficient (Wildman–Crippen LogP) is 4.66. The van der Waals surface area contributed by atoms with Crippen molar-refractivity contribution in [3.63, 3.8) is 0 Å². The Balaban J connectivity index is 1.51. The van der Waals surface area contributed by atoms with Crippen LogP contribution in [0.5, 0.6) is 0 Å². The highest BCUT2D eigenvalue weighted by Gasteiger charge is 2.22. The van der Waals surface area contributed by atoms with Crippen molar-refractivity contribution >= 4 is 0 Å². The van der Waals surface area contributed by atoms with Gasteiger partial charge in [0.1, 0.15) is 11.5 Å². The Kier molecular flexibility index (Phi) is 4.42. The molecule has 0 bridgehead atoms. The first kappa shape index (κ1) is 17.4. The number of aromatic nitrogens is 4. The molecule has 1 aromatic carbocycles. The first-order chi connectivity index (χ1) is 14.3. The molecule has 0 unspecified atom stereocenters.